The van der Waals surface area contributed by atoms with Crippen molar-refractivity contribution in [2.24, 2.45) is 5.92 Å². The zero-order valence-electron chi connectivity index (χ0n) is 10.5. The highest BCUT2D eigenvalue weighted by atomic mass is 79.9. The highest BCUT2D eigenvalue weighted by Gasteiger charge is 2.44. The summed E-state index contributed by atoms with van der Waals surface area (Å²) in [6.07, 6.45) is 2.64. The van der Waals surface area contributed by atoms with Crippen LogP contribution in [-0.4, -0.2) is 25.2 Å². The van der Waals surface area contributed by atoms with Crippen LogP contribution in [0, 0.1) is 11.7 Å². The molecule has 1 unspecified atom stereocenters. The number of nitrogens with zero attached hydrogens (tertiary/aromatic N) is 1. The van der Waals surface area contributed by atoms with Crippen LogP contribution < -0.4 is 10.2 Å². The van der Waals surface area contributed by atoms with E-state index in [0.717, 1.165) is 35.7 Å². The van der Waals surface area contributed by atoms with E-state index in [4.69, 9.17) is 0 Å². The Morgan fingerprint density at radius 2 is 2.22 bits per heavy atom. The number of anilines is 1. The average Bonchev–Trinajstić information content (AvgIpc) is 3.17. The minimum Gasteiger partial charge on any atom is -0.367 e. The standard InChI is InChI=1S/C14H18BrFN2/c1-14(10-2-3-10)9-18(7-6-17-14)13-8-11(16)4-5-12(13)15/h4-5,8,10,17H,2-3,6-7,9H2,1H3. The van der Waals surface area contributed by atoms with Gasteiger partial charge in [0.05, 0.1) is 5.69 Å². The van der Waals surface area contributed by atoms with E-state index in [-0.39, 0.29) is 11.4 Å². The fraction of sp³-hybridized carbons (Fsp3) is 0.571. The topological polar surface area (TPSA) is 15.3 Å². The second-order valence-corrected chi connectivity index (χ2v) is 6.49. The Kier molecular flexibility index (Phi) is 3.10. The molecule has 18 heavy (non-hydrogen) atoms. The lowest BCUT2D eigenvalue weighted by atomic mass is 9.92. The predicted octanol–water partition coefficient (Wildman–Crippen LogP) is 3.17. The molecule has 0 bridgehead atoms. The summed E-state index contributed by atoms with van der Waals surface area (Å²) in [6, 6.07) is 4.92. The van der Waals surface area contributed by atoms with Gasteiger partial charge in [-0.15, -0.1) is 0 Å². The fourth-order valence-corrected chi connectivity index (χ4v) is 3.43. The van der Waals surface area contributed by atoms with Gasteiger partial charge in [0.2, 0.25) is 0 Å². The summed E-state index contributed by atoms with van der Waals surface area (Å²) in [6.45, 7) is 5.16. The maximum atomic E-state index is 13.4. The molecule has 1 heterocycles. The Hall–Kier alpha value is -0.610. The number of hydrogen-bond donors (Lipinski definition) is 1. The van der Waals surface area contributed by atoms with Crippen molar-refractivity contribution in [1.82, 2.24) is 5.32 Å². The number of hydrogen-bond acceptors (Lipinski definition) is 2. The van der Waals surface area contributed by atoms with Crippen molar-refractivity contribution < 1.29 is 4.39 Å². The largest absolute Gasteiger partial charge is 0.367 e. The average molecular weight is 313 g/mol. The first-order chi connectivity index (χ1) is 8.58. The van der Waals surface area contributed by atoms with Gasteiger partial charge < -0.3 is 10.2 Å². The van der Waals surface area contributed by atoms with Crippen LogP contribution in [0.4, 0.5) is 10.1 Å². The summed E-state index contributed by atoms with van der Waals surface area (Å²) >= 11 is 3.53. The van der Waals surface area contributed by atoms with Crippen molar-refractivity contribution in [2.45, 2.75) is 25.3 Å². The molecule has 1 saturated heterocycles. The van der Waals surface area contributed by atoms with E-state index in [1.54, 1.807) is 12.1 Å². The van der Waals surface area contributed by atoms with Crippen molar-refractivity contribution in [3.05, 3.63) is 28.5 Å². The lowest BCUT2D eigenvalue weighted by Gasteiger charge is -2.43. The molecule has 3 rings (SSSR count). The smallest absolute Gasteiger partial charge is 0.125 e. The summed E-state index contributed by atoms with van der Waals surface area (Å²) in [5.74, 6) is 0.618. The van der Waals surface area contributed by atoms with Crippen LogP contribution in [0.2, 0.25) is 0 Å². The third-order valence-electron chi connectivity index (χ3n) is 4.16. The van der Waals surface area contributed by atoms with Gasteiger partial charge in [0.1, 0.15) is 5.82 Å². The molecule has 4 heteroatoms. The van der Waals surface area contributed by atoms with Crippen LogP contribution in [-0.2, 0) is 0 Å². The molecule has 98 valence electrons. The van der Waals surface area contributed by atoms with Crippen LogP contribution in [0.1, 0.15) is 19.8 Å². The van der Waals surface area contributed by atoms with Gasteiger partial charge >= 0.3 is 0 Å². The van der Waals surface area contributed by atoms with Crippen molar-refractivity contribution in [1.29, 1.82) is 0 Å². The molecule has 1 aliphatic heterocycles. The van der Waals surface area contributed by atoms with Crippen LogP contribution in [0.15, 0.2) is 22.7 Å². The van der Waals surface area contributed by atoms with Crippen LogP contribution >= 0.6 is 15.9 Å². The van der Waals surface area contributed by atoms with Gasteiger partial charge in [-0.25, -0.2) is 4.39 Å². The number of rotatable bonds is 2. The van der Waals surface area contributed by atoms with E-state index in [2.05, 4.69) is 33.1 Å². The third-order valence-corrected chi connectivity index (χ3v) is 4.83. The molecule has 0 spiro atoms. The van der Waals surface area contributed by atoms with Crippen molar-refractivity contribution >= 4 is 21.6 Å². The highest BCUT2D eigenvalue weighted by Crippen LogP contribution is 2.42. The molecule has 1 saturated carbocycles. The van der Waals surface area contributed by atoms with E-state index < -0.39 is 0 Å². The molecule has 1 atom stereocenters. The Morgan fingerprint density at radius 3 is 2.94 bits per heavy atom. The molecule has 0 amide bonds. The maximum absolute atomic E-state index is 13.4. The van der Waals surface area contributed by atoms with Crippen molar-refractivity contribution in [3.8, 4) is 0 Å². The Morgan fingerprint density at radius 1 is 1.44 bits per heavy atom. The molecule has 2 fully saturated rings. The second kappa shape index (κ2) is 4.49. The zero-order chi connectivity index (χ0) is 12.8. The quantitative estimate of drug-likeness (QED) is 0.902. The van der Waals surface area contributed by atoms with E-state index in [1.165, 1.54) is 18.9 Å². The van der Waals surface area contributed by atoms with E-state index in [1.807, 2.05) is 0 Å². The molecule has 1 aromatic rings. The monoisotopic (exact) mass is 312 g/mol. The minimum atomic E-state index is -0.167. The molecule has 2 nitrogen and oxygen atoms in total. The van der Waals surface area contributed by atoms with E-state index in [0.29, 0.717) is 0 Å². The summed E-state index contributed by atoms with van der Waals surface area (Å²) in [5, 5.41) is 3.64. The van der Waals surface area contributed by atoms with Gasteiger partial charge in [0.25, 0.3) is 0 Å². The van der Waals surface area contributed by atoms with Crippen LogP contribution in [0.3, 0.4) is 0 Å². The zero-order valence-corrected chi connectivity index (χ0v) is 12.1. The first kappa shape index (κ1) is 12.4. The van der Waals surface area contributed by atoms with Crippen LogP contribution in [0.5, 0.6) is 0 Å². The van der Waals surface area contributed by atoms with Gasteiger partial charge in [0, 0.05) is 29.6 Å². The predicted molar refractivity (Wildman–Crippen MR) is 75.4 cm³/mol. The Bertz CT molecular complexity index is 461. The molecule has 1 aliphatic carbocycles. The first-order valence-corrected chi connectivity index (χ1v) is 7.33. The normalized spacial score (nSPS) is 28.5. The number of piperazine rings is 1. The maximum Gasteiger partial charge on any atom is 0.125 e. The van der Waals surface area contributed by atoms with Gasteiger partial charge in [-0.3, -0.25) is 0 Å². The molecule has 0 aromatic heterocycles. The van der Waals surface area contributed by atoms with Crippen molar-refractivity contribution in [3.63, 3.8) is 0 Å². The van der Waals surface area contributed by atoms with Crippen molar-refractivity contribution in [2.75, 3.05) is 24.5 Å². The Balaban J connectivity index is 1.85. The van der Waals surface area contributed by atoms with Crippen LogP contribution in [0.25, 0.3) is 0 Å². The summed E-state index contributed by atoms with van der Waals surface area (Å²) in [4.78, 5) is 2.29. The lowest BCUT2D eigenvalue weighted by Crippen LogP contribution is -2.60. The summed E-state index contributed by atoms with van der Waals surface area (Å²) < 4.78 is 14.4. The third kappa shape index (κ3) is 2.28. The van der Waals surface area contributed by atoms with E-state index in [9.17, 15) is 4.39 Å². The highest BCUT2D eigenvalue weighted by molar-refractivity contribution is 9.10. The lowest BCUT2D eigenvalue weighted by molar-refractivity contribution is 0.285. The molecule has 1 aromatic carbocycles. The van der Waals surface area contributed by atoms with Gasteiger partial charge in [-0.2, -0.15) is 0 Å². The SMILES string of the molecule is CC1(C2CC2)CN(c2cc(F)ccc2Br)CCN1. The number of nitrogens with one attached hydrogen (secondary N) is 1. The molecular weight excluding hydrogens is 295 g/mol. The fourth-order valence-electron chi connectivity index (χ4n) is 2.94. The Labute approximate surface area is 116 Å². The number of halogens is 2. The van der Waals surface area contributed by atoms with E-state index >= 15 is 0 Å². The summed E-state index contributed by atoms with van der Waals surface area (Å²) in [5.41, 5.74) is 1.16. The van der Waals surface area contributed by atoms with Gasteiger partial charge in [0.15, 0.2) is 0 Å². The van der Waals surface area contributed by atoms with Gasteiger partial charge in [-0.1, -0.05) is 0 Å². The van der Waals surface area contributed by atoms with Gasteiger partial charge in [-0.05, 0) is 59.8 Å². The molecular formula is C14H18BrFN2. The first-order valence-electron chi connectivity index (χ1n) is 6.53. The molecule has 2 aliphatic rings. The molecule has 1 N–H and O–H groups in total. The summed E-state index contributed by atoms with van der Waals surface area (Å²) in [7, 11) is 0. The molecule has 0 radical (unpaired) electrons. The minimum absolute atomic E-state index is 0.167. The second-order valence-electron chi connectivity index (χ2n) is 5.64. The number of benzene rings is 1.